The molecule has 0 amide bonds. The largest absolute Gasteiger partial charge is 0.350 e. The van der Waals surface area contributed by atoms with Crippen LogP contribution in [-0.4, -0.2) is 61.5 Å². The van der Waals surface area contributed by atoms with Crippen LogP contribution in [-0.2, 0) is 5.41 Å². The van der Waals surface area contributed by atoms with Crippen molar-refractivity contribution in [1.82, 2.24) is 19.4 Å². The molecule has 7 heteroatoms. The Labute approximate surface area is 255 Å². The molecule has 4 aliphatic rings. The molecule has 1 aliphatic carbocycles. The fourth-order valence-electron chi connectivity index (χ4n) is 8.76. The average Bonchev–Trinajstić information content (AvgIpc) is 3.72. The third kappa shape index (κ3) is 5.37. The lowest BCUT2D eigenvalue weighted by Gasteiger charge is -2.46. The summed E-state index contributed by atoms with van der Waals surface area (Å²) in [6.07, 6.45) is 15.8. The second-order valence-corrected chi connectivity index (χ2v) is 14.4. The lowest BCUT2D eigenvalue weighted by Crippen LogP contribution is -2.49. The Morgan fingerprint density at radius 1 is 0.952 bits per heavy atom. The molecule has 3 atom stereocenters. The standard InChI is InChI=1S/C35H44N6S/c1-26-38-32-13-7-8-14-33(32)41(26)30-23-28-15-16-29(24-30)40(28)22-19-35(27-9-3-2-4-10-27)17-20-39(21-18-35)34(37-25-36)42-31-11-5-6-12-31/h2-4,7-10,13-14,28-31H,5-6,11-12,15-24H2,1H3/b37-34-/t28-,29+,30+. The molecule has 0 spiro atoms. The number of nitrogens with zero attached hydrogens (tertiary/aromatic N) is 6. The molecule has 0 N–H and O–H groups in total. The van der Waals surface area contributed by atoms with Crippen LogP contribution in [0.2, 0.25) is 0 Å². The topological polar surface area (TPSA) is 60.5 Å². The van der Waals surface area contributed by atoms with E-state index in [1.54, 1.807) is 0 Å². The highest BCUT2D eigenvalue weighted by Crippen LogP contribution is 2.45. The van der Waals surface area contributed by atoms with Gasteiger partial charge in [0.05, 0.1) is 11.0 Å². The van der Waals surface area contributed by atoms with Crippen molar-refractivity contribution in [2.24, 2.45) is 4.99 Å². The lowest BCUT2D eigenvalue weighted by atomic mass is 9.70. The van der Waals surface area contributed by atoms with E-state index < -0.39 is 0 Å². The van der Waals surface area contributed by atoms with Crippen molar-refractivity contribution in [2.45, 2.75) is 106 Å². The van der Waals surface area contributed by atoms with Gasteiger partial charge in [-0.1, -0.05) is 67.1 Å². The minimum absolute atomic E-state index is 0.182. The number of aliphatic imine (C=N–C) groups is 1. The summed E-state index contributed by atoms with van der Waals surface area (Å²) in [5.74, 6) is 1.16. The molecule has 6 nitrogen and oxygen atoms in total. The quantitative estimate of drug-likeness (QED) is 0.172. The summed E-state index contributed by atoms with van der Waals surface area (Å²) in [5, 5.41) is 11.1. The first kappa shape index (κ1) is 28.0. The van der Waals surface area contributed by atoms with Crippen molar-refractivity contribution in [3.8, 4) is 6.19 Å². The number of piperidine rings is 2. The molecule has 3 saturated heterocycles. The van der Waals surface area contributed by atoms with Crippen LogP contribution in [0.25, 0.3) is 11.0 Å². The number of thioether (sulfide) groups is 1. The zero-order valence-corrected chi connectivity index (χ0v) is 25.8. The number of benzene rings is 2. The smallest absolute Gasteiger partial charge is 0.208 e. The molecule has 2 aromatic carbocycles. The van der Waals surface area contributed by atoms with Crippen molar-refractivity contribution in [3.63, 3.8) is 0 Å². The molecule has 1 aromatic heterocycles. The number of aromatic nitrogens is 2. The van der Waals surface area contributed by atoms with E-state index in [1.807, 2.05) is 11.8 Å². The monoisotopic (exact) mass is 580 g/mol. The van der Waals surface area contributed by atoms with E-state index in [2.05, 4.69) is 87.1 Å². The van der Waals surface area contributed by atoms with Crippen molar-refractivity contribution in [1.29, 1.82) is 5.26 Å². The summed E-state index contributed by atoms with van der Waals surface area (Å²) in [6, 6.07) is 21.8. The second-order valence-electron chi connectivity index (χ2n) is 13.2. The van der Waals surface area contributed by atoms with Gasteiger partial charge in [0.25, 0.3) is 0 Å². The maximum Gasteiger partial charge on any atom is 0.208 e. The average molecular weight is 581 g/mol. The van der Waals surface area contributed by atoms with Crippen LogP contribution in [0, 0.1) is 18.4 Å². The highest BCUT2D eigenvalue weighted by atomic mass is 32.2. The third-order valence-corrected chi connectivity index (χ3v) is 12.3. The van der Waals surface area contributed by atoms with Gasteiger partial charge in [-0.05, 0) is 94.4 Å². The molecule has 3 aliphatic heterocycles. The van der Waals surface area contributed by atoms with Crippen molar-refractivity contribution < 1.29 is 0 Å². The van der Waals surface area contributed by atoms with Gasteiger partial charge in [-0.15, -0.1) is 4.99 Å². The first-order chi connectivity index (χ1) is 20.6. The van der Waals surface area contributed by atoms with E-state index in [9.17, 15) is 5.26 Å². The van der Waals surface area contributed by atoms with E-state index in [-0.39, 0.29) is 5.41 Å². The number of aryl methyl sites for hydroxylation is 1. The molecule has 0 radical (unpaired) electrons. The predicted molar refractivity (Wildman–Crippen MR) is 173 cm³/mol. The normalized spacial score (nSPS) is 26.6. The number of hydrogen-bond acceptors (Lipinski definition) is 5. The van der Waals surface area contributed by atoms with Crippen molar-refractivity contribution >= 4 is 28.0 Å². The second kappa shape index (κ2) is 12.1. The maximum atomic E-state index is 9.46. The third-order valence-electron chi connectivity index (χ3n) is 10.9. The SMILES string of the molecule is Cc1nc2ccccc2n1[C@H]1C[C@H]2CC[C@@H](C1)N2CCC1(c2ccccc2)CCN(/C(=N/C#N)SC2CCCC2)CC1. The Balaban J connectivity index is 1.05. The van der Waals surface area contributed by atoms with Gasteiger partial charge in [-0.2, -0.15) is 5.26 Å². The highest BCUT2D eigenvalue weighted by molar-refractivity contribution is 8.14. The van der Waals surface area contributed by atoms with Crippen LogP contribution in [0.15, 0.2) is 59.6 Å². The molecule has 1 saturated carbocycles. The van der Waals surface area contributed by atoms with Gasteiger partial charge in [0.2, 0.25) is 6.19 Å². The molecule has 4 heterocycles. The Morgan fingerprint density at radius 2 is 1.64 bits per heavy atom. The molecule has 2 bridgehead atoms. The Morgan fingerprint density at radius 3 is 2.36 bits per heavy atom. The molecule has 7 rings (SSSR count). The number of fused-ring (bicyclic) bond motifs is 3. The number of rotatable bonds is 6. The molecule has 42 heavy (non-hydrogen) atoms. The Kier molecular flexibility index (Phi) is 8.03. The van der Waals surface area contributed by atoms with E-state index in [4.69, 9.17) is 4.98 Å². The van der Waals surface area contributed by atoms with Gasteiger partial charge in [-0.25, -0.2) is 4.98 Å². The summed E-state index contributed by atoms with van der Waals surface area (Å²) in [7, 11) is 0. The van der Waals surface area contributed by atoms with Crippen LogP contribution in [0.5, 0.6) is 0 Å². The predicted octanol–water partition coefficient (Wildman–Crippen LogP) is 7.45. The zero-order chi connectivity index (χ0) is 28.5. The molecule has 0 unspecified atom stereocenters. The number of imidazole rings is 1. The minimum atomic E-state index is 0.182. The van der Waals surface area contributed by atoms with Crippen LogP contribution in [0.1, 0.15) is 88.1 Å². The van der Waals surface area contributed by atoms with Crippen LogP contribution < -0.4 is 0 Å². The van der Waals surface area contributed by atoms with E-state index in [0.717, 1.165) is 42.4 Å². The Bertz CT molecular complexity index is 1430. The number of hydrogen-bond donors (Lipinski definition) is 0. The fraction of sp³-hybridized carbons (Fsp3) is 0.571. The van der Waals surface area contributed by atoms with Crippen LogP contribution >= 0.6 is 11.8 Å². The molecule has 220 valence electrons. The minimum Gasteiger partial charge on any atom is -0.350 e. The van der Waals surface area contributed by atoms with Crippen molar-refractivity contribution in [2.75, 3.05) is 19.6 Å². The van der Waals surface area contributed by atoms with E-state index in [0.29, 0.717) is 23.4 Å². The summed E-state index contributed by atoms with van der Waals surface area (Å²) >= 11 is 1.86. The summed E-state index contributed by atoms with van der Waals surface area (Å²) < 4.78 is 2.54. The molecular formula is C35H44N6S. The van der Waals surface area contributed by atoms with Gasteiger partial charge in [0, 0.05) is 36.5 Å². The number of nitriles is 1. The van der Waals surface area contributed by atoms with Crippen LogP contribution in [0.4, 0.5) is 0 Å². The number of amidine groups is 1. The zero-order valence-electron chi connectivity index (χ0n) is 25.0. The summed E-state index contributed by atoms with van der Waals surface area (Å²) in [4.78, 5) is 14.5. The summed E-state index contributed by atoms with van der Waals surface area (Å²) in [6.45, 7) is 5.33. The van der Waals surface area contributed by atoms with Gasteiger partial charge in [0.15, 0.2) is 5.17 Å². The van der Waals surface area contributed by atoms with E-state index >= 15 is 0 Å². The van der Waals surface area contributed by atoms with Gasteiger partial charge < -0.3 is 9.47 Å². The first-order valence-corrected chi connectivity index (χ1v) is 17.1. The van der Waals surface area contributed by atoms with Gasteiger partial charge in [-0.3, -0.25) is 4.90 Å². The molecular weight excluding hydrogens is 536 g/mol. The number of para-hydroxylation sites is 2. The fourth-order valence-corrected chi connectivity index (χ4v) is 10.1. The first-order valence-electron chi connectivity index (χ1n) is 16.3. The number of likely N-dealkylation sites (tertiary alicyclic amines) is 1. The maximum absolute atomic E-state index is 9.46. The van der Waals surface area contributed by atoms with Gasteiger partial charge >= 0.3 is 0 Å². The Hall–Kier alpha value is -2.82. The molecule has 4 fully saturated rings. The highest BCUT2D eigenvalue weighted by Gasteiger charge is 2.44. The molecule has 3 aromatic rings. The van der Waals surface area contributed by atoms with Crippen molar-refractivity contribution in [3.05, 3.63) is 66.0 Å². The lowest BCUT2D eigenvalue weighted by molar-refractivity contribution is 0.0890. The van der Waals surface area contributed by atoms with Crippen LogP contribution in [0.3, 0.4) is 0 Å². The van der Waals surface area contributed by atoms with Gasteiger partial charge in [0.1, 0.15) is 5.82 Å². The van der Waals surface area contributed by atoms with E-state index in [1.165, 1.54) is 75.4 Å². The summed E-state index contributed by atoms with van der Waals surface area (Å²) in [5.41, 5.74) is 4.11.